The second-order valence-corrected chi connectivity index (χ2v) is 4.26. The zero-order valence-electron chi connectivity index (χ0n) is 9.82. The summed E-state index contributed by atoms with van der Waals surface area (Å²) in [4.78, 5) is 26.2. The zero-order chi connectivity index (χ0) is 13.8. The van der Waals surface area contributed by atoms with Crippen molar-refractivity contribution in [1.82, 2.24) is 4.98 Å². The van der Waals surface area contributed by atoms with Gasteiger partial charge in [-0.15, -0.1) is 11.3 Å². The van der Waals surface area contributed by atoms with Crippen molar-refractivity contribution in [3.05, 3.63) is 40.3 Å². The molecule has 1 aromatic heterocycles. The van der Waals surface area contributed by atoms with Crippen LogP contribution in [0.2, 0.25) is 0 Å². The zero-order valence-corrected chi connectivity index (χ0v) is 10.6. The minimum Gasteiger partial charge on any atom is -0.497 e. The fraction of sp³-hybridized carbons (Fsp3) is 0.0833. The van der Waals surface area contributed by atoms with E-state index in [4.69, 9.17) is 14.6 Å². The van der Waals surface area contributed by atoms with Crippen LogP contribution in [0.5, 0.6) is 11.5 Å². The van der Waals surface area contributed by atoms with Crippen molar-refractivity contribution < 1.29 is 24.2 Å². The first-order chi connectivity index (χ1) is 9.11. The van der Waals surface area contributed by atoms with Gasteiger partial charge in [0.1, 0.15) is 16.4 Å². The number of ether oxygens (including phenoxy) is 2. The number of esters is 1. The summed E-state index contributed by atoms with van der Waals surface area (Å²) in [5.41, 5.74) is 0.983. The summed E-state index contributed by atoms with van der Waals surface area (Å²) in [6.07, 6.45) is 0. The number of methoxy groups -OCH3 is 1. The molecule has 6 nitrogen and oxygen atoms in total. The minimum atomic E-state index is -1.26. The number of carboxylic acid groups (broad SMARTS) is 1. The molecule has 7 heteroatoms. The van der Waals surface area contributed by atoms with Crippen molar-refractivity contribution in [1.29, 1.82) is 0 Å². The van der Waals surface area contributed by atoms with E-state index in [1.165, 1.54) is 12.6 Å². The first-order valence-electron chi connectivity index (χ1n) is 5.15. The topological polar surface area (TPSA) is 85.7 Å². The Kier molecular flexibility index (Phi) is 3.76. The van der Waals surface area contributed by atoms with Crippen LogP contribution < -0.4 is 9.47 Å². The number of aromatic carboxylic acids is 1. The largest absolute Gasteiger partial charge is 0.497 e. The third kappa shape index (κ3) is 2.89. The summed E-state index contributed by atoms with van der Waals surface area (Å²) in [7, 11) is 1.53. The monoisotopic (exact) mass is 279 g/mol. The number of hydrogen-bond donors (Lipinski definition) is 1. The molecule has 0 radical (unpaired) electrons. The van der Waals surface area contributed by atoms with Gasteiger partial charge in [-0.1, -0.05) is 0 Å². The van der Waals surface area contributed by atoms with Gasteiger partial charge >= 0.3 is 11.9 Å². The SMILES string of the molecule is COc1ccc(OC(=O)c2scnc2C(=O)O)cc1. The molecular weight excluding hydrogens is 270 g/mol. The average molecular weight is 279 g/mol. The predicted octanol–water partition coefficient (Wildman–Crippen LogP) is 2.07. The van der Waals surface area contributed by atoms with Crippen molar-refractivity contribution in [3.63, 3.8) is 0 Å². The molecule has 0 spiro atoms. The summed E-state index contributed by atoms with van der Waals surface area (Å²) in [5.74, 6) is -1.08. The second kappa shape index (κ2) is 5.49. The maximum atomic E-state index is 11.8. The second-order valence-electron chi connectivity index (χ2n) is 3.40. The Morgan fingerprint density at radius 2 is 1.84 bits per heavy atom. The van der Waals surface area contributed by atoms with Crippen molar-refractivity contribution in [2.75, 3.05) is 7.11 Å². The van der Waals surface area contributed by atoms with Crippen LogP contribution in [0, 0.1) is 0 Å². The number of hydrogen-bond acceptors (Lipinski definition) is 6. The lowest BCUT2D eigenvalue weighted by atomic mass is 10.3. The van der Waals surface area contributed by atoms with Gasteiger partial charge in [-0.25, -0.2) is 14.6 Å². The summed E-state index contributed by atoms with van der Waals surface area (Å²) >= 11 is 0.922. The van der Waals surface area contributed by atoms with Gasteiger partial charge < -0.3 is 14.6 Å². The molecule has 0 aliphatic rings. The first kappa shape index (κ1) is 13.0. The molecule has 0 bridgehead atoms. The van der Waals surface area contributed by atoms with Crippen LogP contribution in [0.4, 0.5) is 0 Å². The molecule has 0 fully saturated rings. The third-order valence-corrected chi connectivity index (χ3v) is 3.03. The Balaban J connectivity index is 2.16. The Hall–Kier alpha value is -2.41. The molecule has 0 amide bonds. The Bertz CT molecular complexity index is 605. The Morgan fingerprint density at radius 3 is 2.42 bits per heavy atom. The van der Waals surface area contributed by atoms with Gasteiger partial charge in [0.2, 0.25) is 0 Å². The molecule has 1 N–H and O–H groups in total. The number of aromatic nitrogens is 1. The molecular formula is C12H9NO5S. The predicted molar refractivity (Wildman–Crippen MR) is 67.0 cm³/mol. The lowest BCUT2D eigenvalue weighted by Crippen LogP contribution is -2.12. The van der Waals surface area contributed by atoms with Crippen molar-refractivity contribution in [3.8, 4) is 11.5 Å². The average Bonchev–Trinajstić information content (AvgIpc) is 2.89. The van der Waals surface area contributed by atoms with E-state index in [0.29, 0.717) is 11.5 Å². The number of benzene rings is 1. The molecule has 0 aliphatic carbocycles. The summed E-state index contributed by atoms with van der Waals surface area (Å²) < 4.78 is 10.0. The number of carboxylic acids is 1. The van der Waals surface area contributed by atoms with E-state index in [1.807, 2.05) is 0 Å². The smallest absolute Gasteiger partial charge is 0.356 e. The van der Waals surface area contributed by atoms with Gasteiger partial charge in [0, 0.05) is 0 Å². The number of rotatable bonds is 4. The maximum Gasteiger partial charge on any atom is 0.356 e. The molecule has 1 heterocycles. The highest BCUT2D eigenvalue weighted by Crippen LogP contribution is 2.20. The van der Waals surface area contributed by atoms with Crippen molar-refractivity contribution in [2.45, 2.75) is 0 Å². The van der Waals surface area contributed by atoms with E-state index >= 15 is 0 Å². The number of carbonyl (C=O) groups is 2. The van der Waals surface area contributed by atoms with E-state index in [-0.39, 0.29) is 10.6 Å². The van der Waals surface area contributed by atoms with Crippen LogP contribution in [0.25, 0.3) is 0 Å². The van der Waals surface area contributed by atoms with E-state index in [2.05, 4.69) is 4.98 Å². The van der Waals surface area contributed by atoms with Crippen LogP contribution in [0.3, 0.4) is 0 Å². The van der Waals surface area contributed by atoms with Crippen molar-refractivity contribution >= 4 is 23.3 Å². The fourth-order valence-electron chi connectivity index (χ4n) is 1.34. The number of nitrogens with zero attached hydrogens (tertiary/aromatic N) is 1. The number of carbonyl (C=O) groups excluding carboxylic acids is 1. The molecule has 0 atom stereocenters. The molecule has 0 unspecified atom stereocenters. The highest BCUT2D eigenvalue weighted by Gasteiger charge is 2.21. The normalized spacial score (nSPS) is 9.95. The number of thiazole rings is 1. The lowest BCUT2D eigenvalue weighted by molar-refractivity contribution is 0.0665. The molecule has 19 heavy (non-hydrogen) atoms. The van der Waals surface area contributed by atoms with Crippen LogP contribution in [-0.4, -0.2) is 29.1 Å². The van der Waals surface area contributed by atoms with E-state index in [1.54, 1.807) is 24.3 Å². The molecule has 0 saturated carbocycles. The van der Waals surface area contributed by atoms with Gasteiger partial charge in [0.05, 0.1) is 12.6 Å². The van der Waals surface area contributed by atoms with E-state index in [9.17, 15) is 9.59 Å². The van der Waals surface area contributed by atoms with E-state index in [0.717, 1.165) is 11.3 Å². The molecule has 2 aromatic rings. The van der Waals surface area contributed by atoms with E-state index < -0.39 is 11.9 Å². The lowest BCUT2D eigenvalue weighted by Gasteiger charge is -2.04. The molecule has 0 saturated heterocycles. The minimum absolute atomic E-state index is 0.0386. The Labute approximate surface area is 112 Å². The van der Waals surface area contributed by atoms with Gasteiger partial charge in [-0.2, -0.15) is 0 Å². The summed E-state index contributed by atoms with van der Waals surface area (Å²) in [6, 6.07) is 6.37. The van der Waals surface area contributed by atoms with Crippen LogP contribution in [0.15, 0.2) is 29.8 Å². The molecule has 98 valence electrons. The van der Waals surface area contributed by atoms with Gasteiger partial charge in [0.15, 0.2) is 5.69 Å². The van der Waals surface area contributed by atoms with Gasteiger partial charge in [-0.3, -0.25) is 0 Å². The molecule has 2 rings (SSSR count). The third-order valence-electron chi connectivity index (χ3n) is 2.23. The summed E-state index contributed by atoms with van der Waals surface area (Å²) in [6.45, 7) is 0. The maximum absolute atomic E-state index is 11.8. The van der Waals surface area contributed by atoms with Gasteiger partial charge in [-0.05, 0) is 24.3 Å². The Morgan fingerprint density at radius 1 is 1.21 bits per heavy atom. The van der Waals surface area contributed by atoms with Crippen LogP contribution in [0.1, 0.15) is 20.2 Å². The van der Waals surface area contributed by atoms with Gasteiger partial charge in [0.25, 0.3) is 0 Å². The summed E-state index contributed by atoms with van der Waals surface area (Å²) in [5, 5.41) is 8.86. The standard InChI is InChI=1S/C12H9NO5S/c1-17-7-2-4-8(5-3-7)18-12(16)10-9(11(14)15)13-6-19-10/h2-6H,1H3,(H,14,15). The van der Waals surface area contributed by atoms with Crippen molar-refractivity contribution in [2.24, 2.45) is 0 Å². The highest BCUT2D eigenvalue weighted by atomic mass is 32.1. The fourth-order valence-corrected chi connectivity index (χ4v) is 1.99. The molecule has 0 aliphatic heterocycles. The quantitative estimate of drug-likeness (QED) is 0.681. The van der Waals surface area contributed by atoms with Crippen LogP contribution >= 0.6 is 11.3 Å². The highest BCUT2D eigenvalue weighted by molar-refractivity contribution is 7.12. The first-order valence-corrected chi connectivity index (χ1v) is 6.03. The van der Waals surface area contributed by atoms with Crippen LogP contribution in [-0.2, 0) is 0 Å². The molecule has 1 aromatic carbocycles.